The first-order valence-corrected chi connectivity index (χ1v) is 9.92. The summed E-state index contributed by atoms with van der Waals surface area (Å²) in [7, 11) is 1.41. The quantitative estimate of drug-likeness (QED) is 0.420. The van der Waals surface area contributed by atoms with Gasteiger partial charge in [-0.2, -0.15) is 0 Å². The maximum Gasteiger partial charge on any atom is 0.338 e. The molecule has 0 N–H and O–H groups in total. The molecule has 1 saturated carbocycles. The number of hydrogen-bond acceptors (Lipinski definition) is 3. The van der Waals surface area contributed by atoms with Gasteiger partial charge >= 0.3 is 5.97 Å². The molecular formula is C22H32ClNO2. The van der Waals surface area contributed by atoms with Crippen LogP contribution in [0, 0.1) is 12.8 Å². The zero-order valence-electron chi connectivity index (χ0n) is 16.8. The molecule has 0 aromatic heterocycles. The van der Waals surface area contributed by atoms with Gasteiger partial charge in [0.2, 0.25) is 0 Å². The van der Waals surface area contributed by atoms with Crippen molar-refractivity contribution in [1.29, 1.82) is 0 Å². The maximum atomic E-state index is 12.3. The molecule has 0 bridgehead atoms. The Labute approximate surface area is 163 Å². The number of rotatable bonds is 7. The molecule has 1 atom stereocenters. The van der Waals surface area contributed by atoms with E-state index in [9.17, 15) is 4.79 Å². The Kier molecular flexibility index (Phi) is 6.79. The average Bonchev–Trinajstić information content (AvgIpc) is 3.11. The van der Waals surface area contributed by atoms with E-state index in [1.807, 2.05) is 19.1 Å². The number of carbonyl (C=O) groups excluding carboxylic acids is 1. The first kappa shape index (κ1) is 20.8. The monoisotopic (exact) mass is 377 g/mol. The third-order valence-electron chi connectivity index (χ3n) is 6.05. The van der Waals surface area contributed by atoms with Gasteiger partial charge in [-0.15, -0.1) is 6.58 Å². The van der Waals surface area contributed by atoms with Crippen LogP contribution in [-0.4, -0.2) is 24.7 Å². The van der Waals surface area contributed by atoms with E-state index in [1.54, 1.807) is 6.07 Å². The van der Waals surface area contributed by atoms with Crippen LogP contribution in [0.4, 0.5) is 5.69 Å². The summed E-state index contributed by atoms with van der Waals surface area (Å²) in [6.45, 7) is 12.8. The molecule has 1 aliphatic carbocycles. The highest BCUT2D eigenvalue weighted by Crippen LogP contribution is 2.42. The van der Waals surface area contributed by atoms with Crippen molar-refractivity contribution in [3.05, 3.63) is 40.9 Å². The van der Waals surface area contributed by atoms with E-state index in [0.29, 0.717) is 22.5 Å². The third-order valence-corrected chi connectivity index (χ3v) is 6.27. The summed E-state index contributed by atoms with van der Waals surface area (Å²) in [5.41, 5.74) is 2.43. The van der Waals surface area contributed by atoms with Crippen LogP contribution in [0.2, 0.25) is 5.02 Å². The molecule has 2 rings (SSSR count). The van der Waals surface area contributed by atoms with Crippen molar-refractivity contribution in [3.8, 4) is 0 Å². The number of esters is 1. The molecule has 0 spiro atoms. The number of carbonyl (C=O) groups is 1. The minimum Gasteiger partial charge on any atom is -0.465 e. The highest BCUT2D eigenvalue weighted by molar-refractivity contribution is 6.31. The molecule has 0 saturated heterocycles. The summed E-state index contributed by atoms with van der Waals surface area (Å²) in [6.07, 6.45) is 7.70. The standard InChI is InChI=1S/C22H32ClNO2/c1-7-12-22(5,15(2)3)24(18-10-8-9-11-18)20-14-17(23)13-19(16(20)4)21(25)26-6/h7,13-15,18H,1,8-12H2,2-6H3/t22-/m1/s1. The number of benzene rings is 1. The zero-order valence-corrected chi connectivity index (χ0v) is 17.5. The second-order valence-corrected chi connectivity index (χ2v) is 8.34. The number of methoxy groups -OCH3 is 1. The minimum absolute atomic E-state index is 0.0976. The van der Waals surface area contributed by atoms with E-state index in [4.69, 9.17) is 16.3 Å². The van der Waals surface area contributed by atoms with Gasteiger partial charge in [0.05, 0.1) is 12.7 Å². The zero-order chi connectivity index (χ0) is 19.5. The molecule has 0 amide bonds. The van der Waals surface area contributed by atoms with Crippen molar-refractivity contribution in [3.63, 3.8) is 0 Å². The van der Waals surface area contributed by atoms with Gasteiger partial charge in [-0.05, 0) is 56.7 Å². The number of ether oxygens (including phenoxy) is 1. The fourth-order valence-corrected chi connectivity index (χ4v) is 4.41. The molecular weight excluding hydrogens is 346 g/mol. The SMILES string of the molecule is C=CC[C@](C)(C(C)C)N(c1cc(Cl)cc(C(=O)OC)c1C)C1CCCC1. The second-order valence-electron chi connectivity index (χ2n) is 7.90. The molecule has 0 heterocycles. The van der Waals surface area contributed by atoms with Crippen LogP contribution in [0.15, 0.2) is 24.8 Å². The molecule has 1 aliphatic rings. The van der Waals surface area contributed by atoms with Gasteiger partial charge in [-0.25, -0.2) is 4.79 Å². The highest BCUT2D eigenvalue weighted by Gasteiger charge is 2.40. The summed E-state index contributed by atoms with van der Waals surface area (Å²) in [6, 6.07) is 4.16. The first-order chi connectivity index (χ1) is 12.3. The lowest BCUT2D eigenvalue weighted by Crippen LogP contribution is -2.55. The van der Waals surface area contributed by atoms with Crippen LogP contribution < -0.4 is 4.90 Å². The van der Waals surface area contributed by atoms with Gasteiger partial charge in [-0.3, -0.25) is 0 Å². The predicted octanol–water partition coefficient (Wildman–Crippen LogP) is 6.17. The van der Waals surface area contributed by atoms with Crippen LogP contribution in [-0.2, 0) is 4.74 Å². The highest BCUT2D eigenvalue weighted by atomic mass is 35.5. The molecule has 1 aromatic carbocycles. The van der Waals surface area contributed by atoms with E-state index < -0.39 is 0 Å². The van der Waals surface area contributed by atoms with Crippen molar-refractivity contribution in [2.75, 3.05) is 12.0 Å². The van der Waals surface area contributed by atoms with E-state index in [1.165, 1.54) is 32.8 Å². The van der Waals surface area contributed by atoms with Crippen molar-refractivity contribution >= 4 is 23.3 Å². The molecule has 1 aromatic rings. The number of halogens is 1. The lowest BCUT2D eigenvalue weighted by Gasteiger charge is -2.50. The van der Waals surface area contributed by atoms with Crippen molar-refractivity contribution in [2.45, 2.75) is 71.4 Å². The normalized spacial score (nSPS) is 17.2. The Morgan fingerprint density at radius 1 is 1.42 bits per heavy atom. The van der Waals surface area contributed by atoms with Crippen molar-refractivity contribution in [1.82, 2.24) is 0 Å². The topological polar surface area (TPSA) is 29.5 Å². The van der Waals surface area contributed by atoms with Crippen LogP contribution in [0.1, 0.15) is 68.8 Å². The summed E-state index contributed by atoms with van der Waals surface area (Å²) >= 11 is 6.43. The lowest BCUT2D eigenvalue weighted by atomic mass is 9.81. The lowest BCUT2D eigenvalue weighted by molar-refractivity contribution is 0.0600. The maximum absolute atomic E-state index is 12.3. The van der Waals surface area contributed by atoms with Gasteiger partial charge in [-0.1, -0.05) is 44.4 Å². The van der Waals surface area contributed by atoms with Gasteiger partial charge in [0.1, 0.15) is 0 Å². The fourth-order valence-electron chi connectivity index (χ4n) is 4.19. The van der Waals surface area contributed by atoms with Crippen LogP contribution in [0.25, 0.3) is 0 Å². The van der Waals surface area contributed by atoms with Gasteiger partial charge in [0.15, 0.2) is 0 Å². The van der Waals surface area contributed by atoms with Crippen LogP contribution in [0.3, 0.4) is 0 Å². The Hall–Kier alpha value is -1.48. The van der Waals surface area contributed by atoms with E-state index >= 15 is 0 Å². The van der Waals surface area contributed by atoms with Gasteiger partial charge < -0.3 is 9.64 Å². The fraction of sp³-hybridized carbons (Fsp3) is 0.591. The summed E-state index contributed by atoms with van der Waals surface area (Å²) in [4.78, 5) is 14.8. The first-order valence-electron chi connectivity index (χ1n) is 9.55. The molecule has 144 valence electrons. The Morgan fingerprint density at radius 2 is 2.04 bits per heavy atom. The third kappa shape index (κ3) is 3.93. The Balaban J connectivity index is 2.68. The predicted molar refractivity (Wildman–Crippen MR) is 110 cm³/mol. The number of hydrogen-bond donors (Lipinski definition) is 0. The van der Waals surface area contributed by atoms with Crippen molar-refractivity contribution < 1.29 is 9.53 Å². The molecule has 4 heteroatoms. The smallest absolute Gasteiger partial charge is 0.338 e. The van der Waals surface area contributed by atoms with E-state index in [2.05, 4.69) is 32.3 Å². The van der Waals surface area contributed by atoms with Crippen LogP contribution in [0.5, 0.6) is 0 Å². The summed E-state index contributed by atoms with van der Waals surface area (Å²) < 4.78 is 4.98. The van der Waals surface area contributed by atoms with Gasteiger partial charge in [0.25, 0.3) is 0 Å². The Bertz CT molecular complexity index is 664. The molecule has 0 unspecified atom stereocenters. The second kappa shape index (κ2) is 8.47. The minimum atomic E-state index is -0.340. The average molecular weight is 378 g/mol. The number of anilines is 1. The molecule has 3 nitrogen and oxygen atoms in total. The molecule has 26 heavy (non-hydrogen) atoms. The molecule has 0 aliphatic heterocycles. The number of nitrogens with zero attached hydrogens (tertiary/aromatic N) is 1. The van der Waals surface area contributed by atoms with E-state index in [0.717, 1.165) is 17.7 Å². The van der Waals surface area contributed by atoms with Crippen molar-refractivity contribution in [2.24, 2.45) is 5.92 Å². The largest absolute Gasteiger partial charge is 0.465 e. The van der Waals surface area contributed by atoms with Crippen LogP contribution >= 0.6 is 11.6 Å². The molecule has 1 fully saturated rings. The summed E-state index contributed by atoms with van der Waals surface area (Å²) in [5, 5.41) is 0.568. The van der Waals surface area contributed by atoms with Gasteiger partial charge in [0, 0.05) is 22.3 Å². The molecule has 0 radical (unpaired) electrons. The van der Waals surface area contributed by atoms with E-state index in [-0.39, 0.29) is 11.5 Å². The Morgan fingerprint density at radius 3 is 2.54 bits per heavy atom. The summed E-state index contributed by atoms with van der Waals surface area (Å²) in [5.74, 6) is 0.0775.